The Kier molecular flexibility index (Phi) is 2.65. The van der Waals surface area contributed by atoms with Gasteiger partial charge < -0.3 is 4.42 Å². The molecule has 1 heterocycles. The first-order valence-corrected chi connectivity index (χ1v) is 4.42. The maximum absolute atomic E-state index is 12.7. The summed E-state index contributed by atoms with van der Waals surface area (Å²) < 4.78 is 17.8. The number of hydrazine groups is 1. The predicted molar refractivity (Wildman–Crippen MR) is 53.6 cm³/mol. The van der Waals surface area contributed by atoms with Gasteiger partial charge in [-0.05, 0) is 24.3 Å². The molecule has 2 rings (SSSR count). The summed E-state index contributed by atoms with van der Waals surface area (Å²) >= 11 is 0. The lowest BCUT2D eigenvalue weighted by Crippen LogP contribution is -2.30. The van der Waals surface area contributed by atoms with Gasteiger partial charge in [0.15, 0.2) is 17.8 Å². The molecule has 5 nitrogen and oxygen atoms in total. The Labute approximate surface area is 90.1 Å². The number of rotatable bonds is 2. The number of aromatic nitrogens is 1. The molecule has 1 aromatic carbocycles. The van der Waals surface area contributed by atoms with Crippen LogP contribution in [0.4, 0.5) is 4.39 Å². The second-order valence-corrected chi connectivity index (χ2v) is 3.01. The lowest BCUT2D eigenvalue weighted by atomic mass is 10.1. The Balaban J connectivity index is 2.44. The number of nitrogens with one attached hydrogen (secondary N) is 1. The number of hydrogen-bond donors (Lipinski definition) is 2. The van der Waals surface area contributed by atoms with E-state index in [4.69, 9.17) is 10.3 Å². The van der Waals surface area contributed by atoms with E-state index in [0.29, 0.717) is 5.56 Å². The van der Waals surface area contributed by atoms with Crippen LogP contribution in [0.25, 0.3) is 11.3 Å². The summed E-state index contributed by atoms with van der Waals surface area (Å²) in [6, 6.07) is 5.51. The van der Waals surface area contributed by atoms with Gasteiger partial charge in [-0.2, -0.15) is 0 Å². The zero-order chi connectivity index (χ0) is 11.5. The average Bonchev–Trinajstić information content (AvgIpc) is 2.78. The van der Waals surface area contributed by atoms with E-state index in [1.165, 1.54) is 24.3 Å². The molecule has 0 saturated heterocycles. The summed E-state index contributed by atoms with van der Waals surface area (Å²) in [6.45, 7) is 0. The highest BCUT2D eigenvalue weighted by Gasteiger charge is 2.16. The monoisotopic (exact) mass is 221 g/mol. The van der Waals surface area contributed by atoms with Crippen LogP contribution in [0.1, 0.15) is 10.5 Å². The Bertz CT molecular complexity index is 507. The number of carbonyl (C=O) groups excluding carboxylic acids is 1. The first-order valence-electron chi connectivity index (χ1n) is 4.42. The molecular formula is C10H8FN3O2. The molecule has 3 N–H and O–H groups in total. The van der Waals surface area contributed by atoms with E-state index in [0.717, 1.165) is 6.39 Å². The second kappa shape index (κ2) is 4.11. The normalized spacial score (nSPS) is 10.1. The van der Waals surface area contributed by atoms with Crippen molar-refractivity contribution < 1.29 is 13.6 Å². The van der Waals surface area contributed by atoms with Crippen LogP contribution in [0.2, 0.25) is 0 Å². The summed E-state index contributed by atoms with van der Waals surface area (Å²) in [7, 11) is 0. The molecule has 0 aliphatic carbocycles. The van der Waals surface area contributed by atoms with E-state index >= 15 is 0 Å². The van der Waals surface area contributed by atoms with Crippen LogP contribution in [-0.4, -0.2) is 10.9 Å². The summed E-state index contributed by atoms with van der Waals surface area (Å²) in [5.74, 6) is 4.32. The van der Waals surface area contributed by atoms with Gasteiger partial charge in [-0.15, -0.1) is 0 Å². The van der Waals surface area contributed by atoms with Crippen molar-refractivity contribution in [3.63, 3.8) is 0 Å². The van der Waals surface area contributed by atoms with Crippen LogP contribution in [0.15, 0.2) is 35.1 Å². The van der Waals surface area contributed by atoms with Crippen molar-refractivity contribution in [2.45, 2.75) is 0 Å². The molecule has 0 aliphatic heterocycles. The van der Waals surface area contributed by atoms with Gasteiger partial charge in [-0.25, -0.2) is 15.2 Å². The van der Waals surface area contributed by atoms with Crippen LogP contribution in [0.5, 0.6) is 0 Å². The zero-order valence-electron chi connectivity index (χ0n) is 8.11. The fraction of sp³-hybridized carbons (Fsp3) is 0. The van der Waals surface area contributed by atoms with Gasteiger partial charge in [0.1, 0.15) is 5.82 Å². The minimum absolute atomic E-state index is 0.0640. The summed E-state index contributed by atoms with van der Waals surface area (Å²) in [5.41, 5.74) is 2.57. The number of hydrogen-bond acceptors (Lipinski definition) is 4. The first kappa shape index (κ1) is 10.3. The van der Waals surface area contributed by atoms with Crippen LogP contribution < -0.4 is 11.3 Å². The highest BCUT2D eigenvalue weighted by Crippen LogP contribution is 2.22. The Morgan fingerprint density at radius 2 is 2.06 bits per heavy atom. The molecule has 2 aromatic rings. The summed E-state index contributed by atoms with van der Waals surface area (Å²) in [6.07, 6.45) is 1.13. The Morgan fingerprint density at radius 3 is 2.69 bits per heavy atom. The fourth-order valence-corrected chi connectivity index (χ4v) is 1.28. The number of nitrogens with two attached hydrogens (primary N) is 1. The maximum Gasteiger partial charge on any atom is 0.287 e. The predicted octanol–water partition coefficient (Wildman–Crippen LogP) is 1.08. The van der Waals surface area contributed by atoms with Crippen molar-refractivity contribution in [3.05, 3.63) is 42.2 Å². The molecule has 82 valence electrons. The first-order chi connectivity index (χ1) is 7.72. The van der Waals surface area contributed by atoms with Gasteiger partial charge in [0.2, 0.25) is 0 Å². The Hall–Kier alpha value is -2.21. The third-order valence-electron chi connectivity index (χ3n) is 2.02. The highest BCUT2D eigenvalue weighted by atomic mass is 19.1. The second-order valence-electron chi connectivity index (χ2n) is 3.01. The zero-order valence-corrected chi connectivity index (χ0v) is 8.11. The Morgan fingerprint density at radius 1 is 1.38 bits per heavy atom. The van der Waals surface area contributed by atoms with Gasteiger partial charge in [0, 0.05) is 5.56 Å². The number of oxazole rings is 1. The molecule has 6 heteroatoms. The molecule has 0 atom stereocenters. The third kappa shape index (κ3) is 1.78. The summed E-state index contributed by atoms with van der Waals surface area (Å²) in [4.78, 5) is 15.0. The maximum atomic E-state index is 12.7. The van der Waals surface area contributed by atoms with E-state index in [1.807, 2.05) is 5.43 Å². The van der Waals surface area contributed by atoms with Crippen LogP contribution in [-0.2, 0) is 0 Å². The van der Waals surface area contributed by atoms with Crippen molar-refractivity contribution in [1.82, 2.24) is 10.4 Å². The number of nitrogens with zero attached hydrogens (tertiary/aromatic N) is 1. The van der Waals surface area contributed by atoms with Gasteiger partial charge in [-0.1, -0.05) is 0 Å². The average molecular weight is 221 g/mol. The number of halogens is 1. The van der Waals surface area contributed by atoms with E-state index in [2.05, 4.69) is 4.98 Å². The third-order valence-corrected chi connectivity index (χ3v) is 2.02. The van der Waals surface area contributed by atoms with Crippen molar-refractivity contribution in [2.24, 2.45) is 5.84 Å². The molecule has 0 unspecified atom stereocenters. The van der Waals surface area contributed by atoms with Crippen LogP contribution >= 0.6 is 0 Å². The van der Waals surface area contributed by atoms with Crippen LogP contribution in [0.3, 0.4) is 0 Å². The highest BCUT2D eigenvalue weighted by molar-refractivity contribution is 5.97. The van der Waals surface area contributed by atoms with Gasteiger partial charge in [0.25, 0.3) is 5.91 Å². The van der Waals surface area contributed by atoms with Crippen molar-refractivity contribution in [1.29, 1.82) is 0 Å². The molecule has 0 bridgehead atoms. The molecule has 0 saturated carbocycles. The van der Waals surface area contributed by atoms with Crippen molar-refractivity contribution >= 4 is 5.91 Å². The van der Waals surface area contributed by atoms with E-state index < -0.39 is 5.91 Å². The van der Waals surface area contributed by atoms with Crippen molar-refractivity contribution in [2.75, 3.05) is 0 Å². The number of amides is 1. The minimum Gasteiger partial charge on any atom is -0.443 e. The summed E-state index contributed by atoms with van der Waals surface area (Å²) in [5, 5.41) is 0. The van der Waals surface area contributed by atoms with Crippen LogP contribution in [0, 0.1) is 5.82 Å². The van der Waals surface area contributed by atoms with Crippen molar-refractivity contribution in [3.8, 4) is 11.3 Å². The van der Waals surface area contributed by atoms with Gasteiger partial charge in [0.05, 0.1) is 0 Å². The standard InChI is InChI=1S/C10H8FN3O2/c11-7-3-1-6(2-4-7)9-8(10(15)14-12)13-5-16-9/h1-5H,12H2,(H,14,15). The molecule has 0 fully saturated rings. The van der Waals surface area contributed by atoms with E-state index in [-0.39, 0.29) is 17.3 Å². The lowest BCUT2D eigenvalue weighted by Gasteiger charge is -1.99. The quantitative estimate of drug-likeness (QED) is 0.451. The molecule has 0 radical (unpaired) electrons. The number of nitrogen functional groups attached to an aromatic ring is 1. The number of benzene rings is 1. The molecule has 1 amide bonds. The molecular weight excluding hydrogens is 213 g/mol. The topological polar surface area (TPSA) is 81.1 Å². The molecule has 1 aromatic heterocycles. The molecule has 16 heavy (non-hydrogen) atoms. The minimum atomic E-state index is -0.562. The lowest BCUT2D eigenvalue weighted by molar-refractivity contribution is 0.0949. The van der Waals surface area contributed by atoms with E-state index in [9.17, 15) is 9.18 Å². The largest absolute Gasteiger partial charge is 0.443 e. The van der Waals surface area contributed by atoms with E-state index in [1.54, 1.807) is 0 Å². The number of carbonyl (C=O) groups is 1. The SMILES string of the molecule is NNC(=O)c1ncoc1-c1ccc(F)cc1. The smallest absolute Gasteiger partial charge is 0.287 e. The van der Waals surface area contributed by atoms with Gasteiger partial charge in [-0.3, -0.25) is 10.2 Å². The molecule has 0 spiro atoms. The van der Waals surface area contributed by atoms with Gasteiger partial charge >= 0.3 is 0 Å². The fourth-order valence-electron chi connectivity index (χ4n) is 1.28. The molecule has 0 aliphatic rings.